The number of amides is 2. The Morgan fingerprint density at radius 2 is 2.10 bits per heavy atom. The highest BCUT2D eigenvalue weighted by Gasteiger charge is 2.63. The summed E-state index contributed by atoms with van der Waals surface area (Å²) in [5.41, 5.74) is -1.14. The fraction of sp³-hybridized carbons (Fsp3) is 0.769. The molecule has 0 aromatic carbocycles. The number of esters is 1. The summed E-state index contributed by atoms with van der Waals surface area (Å²) in [5, 5.41) is 12.8. The van der Waals surface area contributed by atoms with Crippen molar-refractivity contribution in [1.82, 2.24) is 10.4 Å². The molecule has 2 aliphatic heterocycles. The first-order valence-corrected chi connectivity index (χ1v) is 6.99. The van der Waals surface area contributed by atoms with E-state index in [2.05, 4.69) is 5.32 Å². The average Bonchev–Trinajstić information content (AvgIpc) is 2.62. The Balaban J connectivity index is 2.20. The quantitative estimate of drug-likeness (QED) is 0.249. The van der Waals surface area contributed by atoms with Gasteiger partial charge in [0.25, 0.3) is 11.8 Å². The van der Waals surface area contributed by atoms with Crippen LogP contribution in [0.15, 0.2) is 0 Å². The molecule has 1 atom stereocenters. The zero-order valence-corrected chi connectivity index (χ0v) is 11.6. The Hall–Kier alpha value is -1.47. The largest absolute Gasteiger partial charge is 0.465 e. The van der Waals surface area contributed by atoms with Crippen LogP contribution in [-0.2, 0) is 19.1 Å². The number of imide groups is 1. The van der Waals surface area contributed by atoms with Crippen LogP contribution < -0.4 is 5.32 Å². The Morgan fingerprint density at radius 3 is 2.70 bits per heavy atom. The number of hydroxylamine groups is 2. The highest BCUT2D eigenvalue weighted by atomic mass is 16.5. The van der Waals surface area contributed by atoms with Gasteiger partial charge in [0, 0.05) is 0 Å². The first-order chi connectivity index (χ1) is 9.54. The molecule has 2 rings (SSSR count). The molecule has 0 aliphatic carbocycles. The van der Waals surface area contributed by atoms with Gasteiger partial charge in [-0.2, -0.15) is 5.06 Å². The molecule has 2 fully saturated rings. The van der Waals surface area contributed by atoms with Crippen molar-refractivity contribution in [2.75, 3.05) is 19.7 Å². The fourth-order valence-electron chi connectivity index (χ4n) is 2.90. The lowest BCUT2D eigenvalue weighted by Gasteiger charge is -2.33. The minimum absolute atomic E-state index is 0.0943. The van der Waals surface area contributed by atoms with Crippen LogP contribution >= 0.6 is 0 Å². The number of rotatable bonds is 4. The molecule has 2 saturated heterocycles. The van der Waals surface area contributed by atoms with E-state index in [-0.39, 0.29) is 11.7 Å². The van der Waals surface area contributed by atoms with Crippen molar-refractivity contribution in [2.24, 2.45) is 11.3 Å². The second-order valence-electron chi connectivity index (χ2n) is 5.32. The minimum Gasteiger partial charge on any atom is -0.465 e. The molecule has 112 valence electrons. The first-order valence-electron chi connectivity index (χ1n) is 6.99. The van der Waals surface area contributed by atoms with Crippen molar-refractivity contribution in [3.63, 3.8) is 0 Å². The molecule has 2 aliphatic rings. The summed E-state index contributed by atoms with van der Waals surface area (Å²) in [6.45, 7) is 3.26. The second-order valence-corrected chi connectivity index (χ2v) is 5.32. The molecule has 2 amide bonds. The molecule has 20 heavy (non-hydrogen) atoms. The summed E-state index contributed by atoms with van der Waals surface area (Å²) in [6.07, 6.45) is 2.27. The Labute approximate surface area is 117 Å². The van der Waals surface area contributed by atoms with Crippen LogP contribution in [-0.4, -0.2) is 47.8 Å². The lowest BCUT2D eigenvalue weighted by molar-refractivity contribution is -0.175. The van der Waals surface area contributed by atoms with E-state index in [0.717, 1.165) is 6.42 Å². The summed E-state index contributed by atoms with van der Waals surface area (Å²) in [6, 6.07) is 0. The number of nitrogens with zero attached hydrogens (tertiary/aromatic N) is 1. The van der Waals surface area contributed by atoms with Crippen molar-refractivity contribution < 1.29 is 24.3 Å². The number of ether oxygens (including phenoxy) is 1. The molecule has 0 aromatic rings. The number of nitrogens with one attached hydrogen (secondary N) is 1. The predicted octanol–water partition coefficient (Wildman–Crippen LogP) is 0.0737. The Kier molecular flexibility index (Phi) is 4.39. The van der Waals surface area contributed by atoms with E-state index in [9.17, 15) is 19.6 Å². The third kappa shape index (κ3) is 2.31. The molecule has 0 aromatic heterocycles. The average molecular weight is 284 g/mol. The van der Waals surface area contributed by atoms with E-state index in [1.54, 1.807) is 0 Å². The lowest BCUT2D eigenvalue weighted by atomic mass is 9.70. The van der Waals surface area contributed by atoms with E-state index in [4.69, 9.17) is 4.74 Å². The van der Waals surface area contributed by atoms with Crippen LogP contribution in [0.3, 0.4) is 0 Å². The molecule has 0 saturated carbocycles. The van der Waals surface area contributed by atoms with Gasteiger partial charge in [0.1, 0.15) is 0 Å². The van der Waals surface area contributed by atoms with E-state index in [1.807, 2.05) is 6.92 Å². The van der Waals surface area contributed by atoms with Gasteiger partial charge in [-0.25, -0.2) is 0 Å². The first kappa shape index (κ1) is 14.9. The van der Waals surface area contributed by atoms with Gasteiger partial charge in [-0.3, -0.25) is 19.6 Å². The number of unbranched alkanes of at least 4 members (excludes halogenated alkanes) is 1. The van der Waals surface area contributed by atoms with Crippen molar-refractivity contribution in [3.05, 3.63) is 0 Å². The maximum absolute atomic E-state index is 12.2. The topological polar surface area (TPSA) is 95.9 Å². The predicted molar refractivity (Wildman–Crippen MR) is 67.5 cm³/mol. The maximum Gasteiger partial charge on any atom is 0.319 e. The number of hydrogen-bond acceptors (Lipinski definition) is 6. The third-order valence-corrected chi connectivity index (χ3v) is 4.10. The molecule has 1 unspecified atom stereocenters. The van der Waals surface area contributed by atoms with Gasteiger partial charge >= 0.3 is 5.97 Å². The van der Waals surface area contributed by atoms with E-state index in [1.165, 1.54) is 0 Å². The van der Waals surface area contributed by atoms with Crippen LogP contribution in [0.4, 0.5) is 0 Å². The Morgan fingerprint density at radius 1 is 1.45 bits per heavy atom. The van der Waals surface area contributed by atoms with Crippen LogP contribution in [0.5, 0.6) is 0 Å². The normalized spacial score (nSPS) is 25.3. The summed E-state index contributed by atoms with van der Waals surface area (Å²) >= 11 is 0. The monoisotopic (exact) mass is 284 g/mol. The van der Waals surface area contributed by atoms with Crippen molar-refractivity contribution in [2.45, 2.75) is 32.6 Å². The van der Waals surface area contributed by atoms with Crippen molar-refractivity contribution in [3.8, 4) is 0 Å². The van der Waals surface area contributed by atoms with Gasteiger partial charge in [-0.05, 0) is 32.4 Å². The number of hydrogen-bond donors (Lipinski definition) is 2. The van der Waals surface area contributed by atoms with Crippen LogP contribution in [0.2, 0.25) is 0 Å². The van der Waals surface area contributed by atoms with E-state index < -0.39 is 29.1 Å². The number of carbonyl (C=O) groups is 3. The maximum atomic E-state index is 12.2. The minimum atomic E-state index is -1.21. The van der Waals surface area contributed by atoms with E-state index >= 15 is 0 Å². The van der Waals surface area contributed by atoms with Gasteiger partial charge < -0.3 is 10.1 Å². The second kappa shape index (κ2) is 5.88. The van der Waals surface area contributed by atoms with E-state index in [0.29, 0.717) is 32.4 Å². The molecule has 0 radical (unpaired) electrons. The number of piperidine rings is 1. The molecular formula is C13H20N2O5. The summed E-state index contributed by atoms with van der Waals surface area (Å²) in [7, 11) is 0. The molecular weight excluding hydrogens is 264 g/mol. The number of carbonyl (C=O) groups excluding carboxylic acids is 3. The summed E-state index contributed by atoms with van der Waals surface area (Å²) in [4.78, 5) is 36.3. The molecule has 7 nitrogen and oxygen atoms in total. The van der Waals surface area contributed by atoms with Crippen LogP contribution in [0.1, 0.15) is 32.6 Å². The van der Waals surface area contributed by atoms with Crippen LogP contribution in [0, 0.1) is 11.3 Å². The highest BCUT2D eigenvalue weighted by Crippen LogP contribution is 2.45. The molecule has 0 bridgehead atoms. The van der Waals surface area contributed by atoms with Gasteiger partial charge in [-0.1, -0.05) is 13.3 Å². The highest BCUT2D eigenvalue weighted by molar-refractivity contribution is 6.14. The standard InChI is InChI=1S/C13H20N2O5/c1-2-3-8-20-11(17)9-10(16)15(19)12(18)13(9)4-6-14-7-5-13/h9,14,19H,2-8H2,1H3. The fourth-order valence-corrected chi connectivity index (χ4v) is 2.90. The third-order valence-electron chi connectivity index (χ3n) is 4.10. The lowest BCUT2D eigenvalue weighted by Crippen LogP contribution is -2.47. The van der Waals surface area contributed by atoms with Crippen molar-refractivity contribution in [1.29, 1.82) is 0 Å². The van der Waals surface area contributed by atoms with Gasteiger partial charge in [0.05, 0.1) is 12.0 Å². The zero-order valence-electron chi connectivity index (χ0n) is 11.6. The zero-order chi connectivity index (χ0) is 14.8. The smallest absolute Gasteiger partial charge is 0.319 e. The molecule has 2 heterocycles. The van der Waals surface area contributed by atoms with Crippen molar-refractivity contribution >= 4 is 17.8 Å². The SMILES string of the molecule is CCCCOC(=O)C1C(=O)N(O)C(=O)C12CCNCC2. The molecule has 7 heteroatoms. The van der Waals surface area contributed by atoms with Crippen LogP contribution in [0.25, 0.3) is 0 Å². The van der Waals surface area contributed by atoms with Gasteiger partial charge in [0.2, 0.25) is 0 Å². The van der Waals surface area contributed by atoms with Gasteiger partial charge in [-0.15, -0.1) is 0 Å². The Bertz CT molecular complexity index is 417. The molecule has 2 N–H and O–H groups in total. The molecule has 1 spiro atoms. The summed E-state index contributed by atoms with van der Waals surface area (Å²) in [5.74, 6) is -3.45. The van der Waals surface area contributed by atoms with Gasteiger partial charge in [0.15, 0.2) is 5.92 Å². The summed E-state index contributed by atoms with van der Waals surface area (Å²) < 4.78 is 5.09.